The van der Waals surface area contributed by atoms with E-state index < -0.39 is 0 Å². The minimum atomic E-state index is -0.353. The Morgan fingerprint density at radius 2 is 1.76 bits per heavy atom. The number of nitro benzene ring substituents is 1. The van der Waals surface area contributed by atoms with Gasteiger partial charge in [0, 0.05) is 35.1 Å². The van der Waals surface area contributed by atoms with E-state index in [9.17, 15) is 10.1 Å². The third-order valence-corrected chi connectivity index (χ3v) is 5.89. The lowest BCUT2D eigenvalue weighted by Gasteiger charge is -2.37. The van der Waals surface area contributed by atoms with Gasteiger partial charge < -0.3 is 10.6 Å². The molecule has 0 amide bonds. The summed E-state index contributed by atoms with van der Waals surface area (Å²) in [6, 6.07) is 23.7. The van der Waals surface area contributed by atoms with E-state index in [0.717, 1.165) is 29.0 Å². The van der Waals surface area contributed by atoms with Crippen LogP contribution in [0.5, 0.6) is 0 Å². The molecule has 0 spiro atoms. The second kappa shape index (κ2) is 7.09. The van der Waals surface area contributed by atoms with Gasteiger partial charge in [0.25, 0.3) is 5.69 Å². The molecule has 29 heavy (non-hydrogen) atoms. The number of nitrogens with one attached hydrogen (secondary N) is 2. The van der Waals surface area contributed by atoms with E-state index in [0.29, 0.717) is 11.8 Å². The molecule has 2 aliphatic rings. The first-order chi connectivity index (χ1) is 14.2. The van der Waals surface area contributed by atoms with Crippen LogP contribution >= 0.6 is 0 Å². The molecular formula is C24H21N3O2. The largest absolute Gasteiger partial charge is 0.378 e. The van der Waals surface area contributed by atoms with Crippen LogP contribution in [0.2, 0.25) is 0 Å². The number of para-hydroxylation sites is 1. The molecule has 3 aromatic rings. The number of allylic oxidation sites excluding steroid dienone is 2. The molecule has 0 fully saturated rings. The van der Waals surface area contributed by atoms with Crippen molar-refractivity contribution < 1.29 is 4.92 Å². The normalized spacial score (nSPS) is 21.7. The number of nitrogens with zero attached hydrogens (tertiary/aromatic N) is 1. The first-order valence-corrected chi connectivity index (χ1v) is 9.82. The fraction of sp³-hybridized carbons (Fsp3) is 0.167. The van der Waals surface area contributed by atoms with Crippen molar-refractivity contribution in [2.45, 2.75) is 18.4 Å². The molecule has 144 valence electrons. The maximum atomic E-state index is 11.0. The van der Waals surface area contributed by atoms with Gasteiger partial charge in [0.2, 0.25) is 0 Å². The molecule has 3 aromatic carbocycles. The number of benzene rings is 3. The maximum absolute atomic E-state index is 11.0. The van der Waals surface area contributed by atoms with Gasteiger partial charge >= 0.3 is 0 Å². The van der Waals surface area contributed by atoms with Crippen LogP contribution in [0.25, 0.3) is 0 Å². The molecule has 5 heteroatoms. The molecule has 1 aliphatic carbocycles. The molecule has 3 atom stereocenters. The van der Waals surface area contributed by atoms with Crippen LogP contribution in [0.4, 0.5) is 22.7 Å². The number of rotatable bonds is 4. The van der Waals surface area contributed by atoms with Gasteiger partial charge in [-0.1, -0.05) is 42.5 Å². The molecule has 3 unspecified atom stereocenters. The van der Waals surface area contributed by atoms with Crippen molar-refractivity contribution >= 4 is 22.7 Å². The van der Waals surface area contributed by atoms with E-state index >= 15 is 0 Å². The lowest BCUT2D eigenvalue weighted by atomic mass is 9.77. The van der Waals surface area contributed by atoms with Gasteiger partial charge in [-0.15, -0.1) is 0 Å². The molecular weight excluding hydrogens is 362 g/mol. The minimum absolute atomic E-state index is 0.127. The molecule has 2 N–H and O–H groups in total. The van der Waals surface area contributed by atoms with Crippen molar-refractivity contribution in [2.75, 3.05) is 10.6 Å². The monoisotopic (exact) mass is 383 g/mol. The van der Waals surface area contributed by atoms with E-state index in [1.807, 2.05) is 30.3 Å². The summed E-state index contributed by atoms with van der Waals surface area (Å²) in [5.74, 6) is 0.736. The van der Waals surface area contributed by atoms with Crippen LogP contribution in [-0.4, -0.2) is 4.92 Å². The van der Waals surface area contributed by atoms with Crippen LogP contribution in [-0.2, 0) is 0 Å². The summed E-state index contributed by atoms with van der Waals surface area (Å²) in [6.45, 7) is 0. The van der Waals surface area contributed by atoms with E-state index in [4.69, 9.17) is 0 Å². The molecule has 0 radical (unpaired) electrons. The molecule has 1 aliphatic heterocycles. The van der Waals surface area contributed by atoms with Crippen molar-refractivity contribution in [1.29, 1.82) is 0 Å². The van der Waals surface area contributed by atoms with E-state index in [1.165, 1.54) is 5.56 Å². The Morgan fingerprint density at radius 3 is 2.52 bits per heavy atom. The van der Waals surface area contributed by atoms with E-state index in [-0.39, 0.29) is 16.7 Å². The first kappa shape index (κ1) is 17.5. The second-order valence-electron chi connectivity index (χ2n) is 7.62. The molecule has 0 aromatic heterocycles. The SMILES string of the molecule is O=[N+]([O-])c1ccc(C2Nc3ccc(Nc4ccccc4)cc3C3C=CCC32)cc1. The third kappa shape index (κ3) is 3.25. The quantitative estimate of drug-likeness (QED) is 0.321. The molecule has 0 saturated carbocycles. The Kier molecular flexibility index (Phi) is 4.28. The van der Waals surface area contributed by atoms with Gasteiger partial charge in [-0.05, 0) is 53.8 Å². The van der Waals surface area contributed by atoms with Gasteiger partial charge in [-0.2, -0.15) is 0 Å². The van der Waals surface area contributed by atoms with Crippen LogP contribution in [0, 0.1) is 16.0 Å². The predicted octanol–water partition coefficient (Wildman–Crippen LogP) is 6.16. The Morgan fingerprint density at radius 1 is 0.966 bits per heavy atom. The van der Waals surface area contributed by atoms with Crippen molar-refractivity contribution in [1.82, 2.24) is 0 Å². The van der Waals surface area contributed by atoms with Crippen molar-refractivity contribution in [3.05, 3.63) is 106 Å². The van der Waals surface area contributed by atoms with Crippen molar-refractivity contribution in [2.24, 2.45) is 5.92 Å². The topological polar surface area (TPSA) is 67.2 Å². The van der Waals surface area contributed by atoms with Crippen molar-refractivity contribution in [3.8, 4) is 0 Å². The highest BCUT2D eigenvalue weighted by Gasteiger charge is 2.38. The predicted molar refractivity (Wildman–Crippen MR) is 116 cm³/mol. The van der Waals surface area contributed by atoms with Gasteiger partial charge in [-0.3, -0.25) is 10.1 Å². The summed E-state index contributed by atoms with van der Waals surface area (Å²) in [7, 11) is 0. The average Bonchev–Trinajstić information content (AvgIpc) is 3.24. The molecule has 5 nitrogen and oxygen atoms in total. The Hall–Kier alpha value is -3.60. The number of hydrogen-bond donors (Lipinski definition) is 2. The van der Waals surface area contributed by atoms with Gasteiger partial charge in [0.1, 0.15) is 0 Å². The fourth-order valence-corrected chi connectivity index (χ4v) is 4.49. The summed E-state index contributed by atoms with van der Waals surface area (Å²) in [5.41, 5.74) is 5.78. The standard InChI is InChI=1S/C24H21N3O2/c28-27(29)19-12-9-16(10-13-19)24-21-8-4-7-20(21)22-15-18(11-14-23(22)26-24)25-17-5-2-1-3-6-17/h1-7,9-15,20-21,24-26H,8H2. The smallest absolute Gasteiger partial charge is 0.269 e. The van der Waals surface area contributed by atoms with Crippen LogP contribution in [0.15, 0.2) is 84.9 Å². The molecule has 5 rings (SSSR count). The van der Waals surface area contributed by atoms with E-state index in [1.54, 1.807) is 12.1 Å². The summed E-state index contributed by atoms with van der Waals surface area (Å²) in [4.78, 5) is 10.6. The summed E-state index contributed by atoms with van der Waals surface area (Å²) >= 11 is 0. The Labute approximate surface area is 169 Å². The maximum Gasteiger partial charge on any atom is 0.269 e. The number of hydrogen-bond acceptors (Lipinski definition) is 4. The summed E-state index contributed by atoms with van der Waals surface area (Å²) in [6.07, 6.45) is 5.55. The highest BCUT2D eigenvalue weighted by atomic mass is 16.6. The highest BCUT2D eigenvalue weighted by molar-refractivity contribution is 5.68. The number of anilines is 3. The first-order valence-electron chi connectivity index (χ1n) is 9.82. The number of nitro groups is 1. The highest BCUT2D eigenvalue weighted by Crippen LogP contribution is 2.50. The van der Waals surface area contributed by atoms with Crippen LogP contribution in [0.3, 0.4) is 0 Å². The zero-order chi connectivity index (χ0) is 19.8. The van der Waals surface area contributed by atoms with Gasteiger partial charge in [0.05, 0.1) is 11.0 Å². The molecule has 0 saturated heterocycles. The molecule has 0 bridgehead atoms. The van der Waals surface area contributed by atoms with Crippen LogP contribution < -0.4 is 10.6 Å². The van der Waals surface area contributed by atoms with Gasteiger partial charge in [-0.25, -0.2) is 0 Å². The Balaban J connectivity index is 1.46. The third-order valence-electron chi connectivity index (χ3n) is 5.89. The number of fused-ring (bicyclic) bond motifs is 3. The molecule has 1 heterocycles. The zero-order valence-electron chi connectivity index (χ0n) is 15.8. The van der Waals surface area contributed by atoms with Crippen LogP contribution in [0.1, 0.15) is 29.5 Å². The summed E-state index contributed by atoms with van der Waals surface area (Å²) in [5, 5.41) is 18.1. The summed E-state index contributed by atoms with van der Waals surface area (Å²) < 4.78 is 0. The Bertz CT molecular complexity index is 1080. The van der Waals surface area contributed by atoms with Gasteiger partial charge in [0.15, 0.2) is 0 Å². The van der Waals surface area contributed by atoms with Crippen molar-refractivity contribution in [3.63, 3.8) is 0 Å². The fourth-order valence-electron chi connectivity index (χ4n) is 4.49. The number of non-ortho nitro benzene ring substituents is 1. The minimum Gasteiger partial charge on any atom is -0.378 e. The van der Waals surface area contributed by atoms with E-state index in [2.05, 4.69) is 53.1 Å². The lowest BCUT2D eigenvalue weighted by molar-refractivity contribution is -0.384. The average molecular weight is 383 g/mol. The zero-order valence-corrected chi connectivity index (χ0v) is 15.8. The second-order valence-corrected chi connectivity index (χ2v) is 7.62. The lowest BCUT2D eigenvalue weighted by Crippen LogP contribution is -2.29.